The van der Waals surface area contributed by atoms with Crippen molar-refractivity contribution in [1.82, 2.24) is 0 Å². The second-order valence-electron chi connectivity index (χ2n) is 4.95. The largest absolute Gasteiger partial charge is 0.293 e. The van der Waals surface area contributed by atoms with Crippen molar-refractivity contribution >= 4 is 34.7 Å². The van der Waals surface area contributed by atoms with Crippen molar-refractivity contribution in [3.63, 3.8) is 0 Å². The molecule has 0 unspecified atom stereocenters. The minimum Gasteiger partial charge on any atom is -0.293 e. The van der Waals surface area contributed by atoms with E-state index in [0.717, 1.165) is 11.8 Å². The number of hydrogen-bond acceptors (Lipinski definition) is 7. The van der Waals surface area contributed by atoms with Gasteiger partial charge in [0.1, 0.15) is 0 Å². The molecule has 128 valence electrons. The van der Waals surface area contributed by atoms with Gasteiger partial charge in [-0.25, -0.2) is 0 Å². The summed E-state index contributed by atoms with van der Waals surface area (Å²) in [6.45, 7) is 0. The lowest BCUT2D eigenvalue weighted by Crippen LogP contribution is -2.08. The van der Waals surface area contributed by atoms with Crippen LogP contribution in [0.1, 0.15) is 20.7 Å². The molecule has 0 saturated carbocycles. The number of nitro groups is 2. The lowest BCUT2D eigenvalue weighted by Gasteiger charge is -2.02. The summed E-state index contributed by atoms with van der Waals surface area (Å²) in [6.07, 6.45) is 0. The Kier molecular flexibility index (Phi) is 5.96. The number of ketones is 2. The first-order valence-electron chi connectivity index (χ1n) is 7.01. The van der Waals surface area contributed by atoms with Crippen LogP contribution in [0.15, 0.2) is 48.5 Å². The molecule has 0 atom stereocenters. The molecule has 2 aromatic rings. The lowest BCUT2D eigenvalue weighted by molar-refractivity contribution is -0.385. The van der Waals surface area contributed by atoms with E-state index < -0.39 is 9.85 Å². The van der Waals surface area contributed by atoms with E-state index in [1.54, 1.807) is 0 Å². The van der Waals surface area contributed by atoms with Crippen LogP contribution in [0.25, 0.3) is 0 Å². The Labute approximate surface area is 146 Å². The van der Waals surface area contributed by atoms with E-state index in [0.29, 0.717) is 0 Å². The summed E-state index contributed by atoms with van der Waals surface area (Å²) in [5.41, 5.74) is 0.0426. The van der Waals surface area contributed by atoms with Gasteiger partial charge >= 0.3 is 0 Å². The fourth-order valence-electron chi connectivity index (χ4n) is 1.99. The molecular formula is C16H12N2O6S. The quantitative estimate of drug-likeness (QED) is 0.402. The summed E-state index contributed by atoms with van der Waals surface area (Å²) < 4.78 is 0. The Morgan fingerprint density at radius 3 is 1.56 bits per heavy atom. The minimum atomic E-state index is -0.588. The molecule has 0 radical (unpaired) electrons. The maximum absolute atomic E-state index is 12.0. The zero-order valence-electron chi connectivity index (χ0n) is 12.8. The third-order valence-electron chi connectivity index (χ3n) is 3.22. The average Bonchev–Trinajstić information content (AvgIpc) is 2.61. The highest BCUT2D eigenvalue weighted by Crippen LogP contribution is 2.17. The minimum absolute atomic E-state index is 0.0260. The van der Waals surface area contributed by atoms with E-state index in [-0.39, 0.29) is 45.6 Å². The van der Waals surface area contributed by atoms with E-state index in [2.05, 4.69) is 0 Å². The number of carbonyl (C=O) groups excluding carboxylic acids is 2. The van der Waals surface area contributed by atoms with Crippen molar-refractivity contribution in [2.45, 2.75) is 0 Å². The standard InChI is InChI=1S/C16H12N2O6S/c19-15(11-3-1-5-13(7-11)17(21)22)9-25-10-16(20)12-4-2-6-14(8-12)18(23)24/h1-8H,9-10H2. The number of benzene rings is 2. The molecule has 25 heavy (non-hydrogen) atoms. The van der Waals surface area contributed by atoms with E-state index >= 15 is 0 Å². The monoisotopic (exact) mass is 360 g/mol. The number of Topliss-reactive ketones (excluding diaryl/α,β-unsaturated/α-hetero) is 2. The predicted molar refractivity (Wildman–Crippen MR) is 92.2 cm³/mol. The average molecular weight is 360 g/mol. The Bertz CT molecular complexity index is 783. The second-order valence-corrected chi connectivity index (χ2v) is 5.94. The molecule has 0 saturated heterocycles. The Morgan fingerprint density at radius 1 is 0.800 bits per heavy atom. The summed E-state index contributed by atoms with van der Waals surface area (Å²) in [5, 5.41) is 21.4. The van der Waals surface area contributed by atoms with Gasteiger partial charge in [0.25, 0.3) is 11.4 Å². The van der Waals surface area contributed by atoms with Crippen molar-refractivity contribution in [2.75, 3.05) is 11.5 Å². The van der Waals surface area contributed by atoms with Crippen LogP contribution in [-0.2, 0) is 0 Å². The first-order valence-corrected chi connectivity index (χ1v) is 8.17. The molecule has 9 heteroatoms. The number of hydrogen-bond donors (Lipinski definition) is 0. The van der Waals surface area contributed by atoms with Crippen molar-refractivity contribution in [2.24, 2.45) is 0 Å². The maximum atomic E-state index is 12.0. The molecule has 0 spiro atoms. The van der Waals surface area contributed by atoms with Gasteiger partial charge < -0.3 is 0 Å². The van der Waals surface area contributed by atoms with E-state index in [4.69, 9.17) is 0 Å². The SMILES string of the molecule is O=C(CSCC(=O)c1cccc([N+](=O)[O-])c1)c1cccc([N+](=O)[O-])c1. The topological polar surface area (TPSA) is 120 Å². The van der Waals surface area contributed by atoms with Crippen LogP contribution in [0.5, 0.6) is 0 Å². The molecule has 0 heterocycles. The summed E-state index contributed by atoms with van der Waals surface area (Å²) in [7, 11) is 0. The summed E-state index contributed by atoms with van der Waals surface area (Å²) in [5.74, 6) is -0.718. The van der Waals surface area contributed by atoms with Gasteiger partial charge in [-0.3, -0.25) is 29.8 Å². The normalized spacial score (nSPS) is 10.2. The smallest absolute Gasteiger partial charge is 0.270 e. The van der Waals surface area contributed by atoms with Gasteiger partial charge in [0.05, 0.1) is 21.4 Å². The molecule has 0 fully saturated rings. The first kappa shape index (κ1) is 18.3. The molecule has 0 N–H and O–H groups in total. The molecule has 0 aliphatic heterocycles. The molecule has 2 rings (SSSR count). The molecule has 0 aliphatic rings. The third kappa shape index (κ3) is 4.95. The molecule has 0 aliphatic carbocycles. The van der Waals surface area contributed by atoms with Gasteiger partial charge in [-0.05, 0) is 0 Å². The van der Waals surface area contributed by atoms with Crippen LogP contribution < -0.4 is 0 Å². The lowest BCUT2D eigenvalue weighted by atomic mass is 10.1. The fraction of sp³-hybridized carbons (Fsp3) is 0.125. The molecule has 8 nitrogen and oxygen atoms in total. The Balaban J connectivity index is 1.94. The number of nitrogens with zero attached hydrogens (tertiary/aromatic N) is 2. The van der Waals surface area contributed by atoms with Crippen LogP contribution in [0.3, 0.4) is 0 Å². The molecule has 0 amide bonds. The summed E-state index contributed by atoms with van der Waals surface area (Å²) in [6, 6.07) is 10.7. The van der Waals surface area contributed by atoms with Crippen molar-refractivity contribution < 1.29 is 19.4 Å². The van der Waals surface area contributed by atoms with Gasteiger partial charge in [-0.2, -0.15) is 0 Å². The van der Waals surface area contributed by atoms with Crippen LogP contribution in [0.2, 0.25) is 0 Å². The molecular weight excluding hydrogens is 348 g/mol. The van der Waals surface area contributed by atoms with Gasteiger partial charge in [-0.15, -0.1) is 11.8 Å². The zero-order chi connectivity index (χ0) is 18.4. The summed E-state index contributed by atoms with van der Waals surface area (Å²) >= 11 is 1.05. The number of rotatable bonds is 8. The predicted octanol–water partition coefficient (Wildman–Crippen LogP) is 3.30. The number of nitro benzene ring substituents is 2. The second kappa shape index (κ2) is 8.15. The molecule has 2 aromatic carbocycles. The van der Waals surface area contributed by atoms with Crippen LogP contribution >= 0.6 is 11.8 Å². The fourth-order valence-corrected chi connectivity index (χ4v) is 2.80. The van der Waals surface area contributed by atoms with Gasteiger partial charge in [0.15, 0.2) is 11.6 Å². The van der Waals surface area contributed by atoms with E-state index in [1.165, 1.54) is 48.5 Å². The summed E-state index contributed by atoms with van der Waals surface area (Å²) in [4.78, 5) is 44.3. The van der Waals surface area contributed by atoms with Gasteiger partial charge in [0.2, 0.25) is 0 Å². The van der Waals surface area contributed by atoms with Crippen molar-refractivity contribution in [3.05, 3.63) is 79.9 Å². The third-order valence-corrected chi connectivity index (χ3v) is 4.16. The van der Waals surface area contributed by atoms with Crippen LogP contribution in [0.4, 0.5) is 11.4 Å². The van der Waals surface area contributed by atoms with E-state index in [9.17, 15) is 29.8 Å². The first-order chi connectivity index (χ1) is 11.9. The maximum Gasteiger partial charge on any atom is 0.270 e. The Morgan fingerprint density at radius 2 is 1.20 bits per heavy atom. The number of non-ortho nitro benzene ring substituents is 2. The highest BCUT2D eigenvalue weighted by Gasteiger charge is 2.14. The van der Waals surface area contributed by atoms with Gasteiger partial charge in [-0.1, -0.05) is 24.3 Å². The number of carbonyl (C=O) groups is 2. The highest BCUT2D eigenvalue weighted by molar-refractivity contribution is 8.00. The number of thioether (sulfide) groups is 1. The molecule has 0 aromatic heterocycles. The van der Waals surface area contributed by atoms with E-state index in [1.807, 2.05) is 0 Å². The highest BCUT2D eigenvalue weighted by atomic mass is 32.2. The molecule has 0 bridgehead atoms. The Hall–Kier alpha value is -3.07. The van der Waals surface area contributed by atoms with Gasteiger partial charge in [0, 0.05) is 35.4 Å². The van der Waals surface area contributed by atoms with Crippen molar-refractivity contribution in [1.29, 1.82) is 0 Å². The zero-order valence-corrected chi connectivity index (χ0v) is 13.6. The van der Waals surface area contributed by atoms with Crippen molar-refractivity contribution in [3.8, 4) is 0 Å². The van der Waals surface area contributed by atoms with Crippen LogP contribution in [0, 0.1) is 20.2 Å². The van der Waals surface area contributed by atoms with Crippen LogP contribution in [-0.4, -0.2) is 32.9 Å².